The molecule has 0 amide bonds. The van der Waals surface area contributed by atoms with E-state index in [4.69, 9.17) is 23.2 Å². The highest BCUT2D eigenvalue weighted by Gasteiger charge is 2.06. The summed E-state index contributed by atoms with van der Waals surface area (Å²) in [5.41, 5.74) is 3.47. The van der Waals surface area contributed by atoms with Gasteiger partial charge in [-0.15, -0.1) is 24.8 Å². The monoisotopic (exact) mass is 495 g/mol. The average Bonchev–Trinajstić information content (AvgIpc) is 3.05. The zero-order valence-electron chi connectivity index (χ0n) is 15.5. The summed E-state index contributed by atoms with van der Waals surface area (Å²) in [5.74, 6) is 2.19. The van der Waals surface area contributed by atoms with Gasteiger partial charge in [-0.1, -0.05) is 29.3 Å². The highest BCUT2D eigenvalue weighted by Crippen LogP contribution is 2.23. The van der Waals surface area contributed by atoms with Crippen LogP contribution in [0.4, 0.5) is 5.95 Å². The van der Waals surface area contributed by atoms with Crippen LogP contribution in [0.15, 0.2) is 35.5 Å². The van der Waals surface area contributed by atoms with Crippen LogP contribution in [0, 0.1) is 6.92 Å². The maximum atomic E-state index is 12.3. The number of aryl methyl sites for hydroxylation is 1. The Kier molecular flexibility index (Phi) is 10.9. The Morgan fingerprint density at radius 1 is 1.17 bits per heavy atom. The number of imidazole rings is 1. The highest BCUT2D eigenvalue weighted by atomic mass is 35.5. The minimum Gasteiger partial charge on any atom is -0.355 e. The number of hydrogen-bond acceptors (Lipinski definition) is 5. The fourth-order valence-electron chi connectivity index (χ4n) is 2.45. The number of halogens is 4. The predicted octanol–water partition coefficient (Wildman–Crippen LogP) is 4.89. The summed E-state index contributed by atoms with van der Waals surface area (Å²) in [6.07, 6.45) is 3.74. The van der Waals surface area contributed by atoms with Crippen molar-refractivity contribution in [1.82, 2.24) is 19.9 Å². The minimum absolute atomic E-state index is 0. The van der Waals surface area contributed by atoms with Gasteiger partial charge in [0.15, 0.2) is 0 Å². The Balaban J connectivity index is 0.00000210. The first-order valence-electron chi connectivity index (χ1n) is 8.35. The van der Waals surface area contributed by atoms with Crippen LogP contribution in [0.5, 0.6) is 0 Å². The normalized spacial score (nSPS) is 10.2. The van der Waals surface area contributed by atoms with Crippen molar-refractivity contribution in [2.24, 2.45) is 0 Å². The number of H-pyrrole nitrogens is 2. The average molecular weight is 497 g/mol. The molecular formula is C18H21Cl4N5OS. The van der Waals surface area contributed by atoms with Gasteiger partial charge in [0.05, 0.1) is 22.1 Å². The second-order valence-electron chi connectivity index (χ2n) is 5.96. The molecule has 0 spiro atoms. The number of aromatic amines is 2. The fraction of sp³-hybridized carbons (Fsp3) is 0.278. The van der Waals surface area contributed by atoms with Crippen molar-refractivity contribution in [2.45, 2.75) is 19.1 Å². The quantitative estimate of drug-likeness (QED) is 0.386. The van der Waals surface area contributed by atoms with E-state index in [1.54, 1.807) is 36.4 Å². The Labute approximate surface area is 195 Å². The molecule has 1 aromatic carbocycles. The van der Waals surface area contributed by atoms with E-state index < -0.39 is 0 Å². The fourth-order valence-corrected chi connectivity index (χ4v) is 3.65. The molecule has 158 valence electrons. The van der Waals surface area contributed by atoms with Crippen LogP contribution in [-0.2, 0) is 12.2 Å². The SMILES string of the molecule is Cc1[nH]cnc1CSCCNc1ncc(Cc2ccc(Cl)c(Cl)c2)c(=O)[nH]1.Cl.Cl. The lowest BCUT2D eigenvalue weighted by atomic mass is 10.1. The lowest BCUT2D eigenvalue weighted by Gasteiger charge is -2.07. The Hall–Kier alpha value is -1.38. The lowest BCUT2D eigenvalue weighted by Crippen LogP contribution is -2.18. The molecule has 2 aromatic heterocycles. The molecule has 6 nitrogen and oxygen atoms in total. The second-order valence-corrected chi connectivity index (χ2v) is 7.88. The largest absolute Gasteiger partial charge is 0.355 e. The summed E-state index contributed by atoms with van der Waals surface area (Å²) >= 11 is 13.7. The van der Waals surface area contributed by atoms with E-state index in [0.717, 1.165) is 28.5 Å². The van der Waals surface area contributed by atoms with Crippen molar-refractivity contribution < 1.29 is 0 Å². The van der Waals surface area contributed by atoms with E-state index in [1.165, 1.54) is 0 Å². The molecule has 3 N–H and O–H groups in total. The number of aromatic nitrogens is 4. The van der Waals surface area contributed by atoms with E-state index in [2.05, 4.69) is 25.3 Å². The summed E-state index contributed by atoms with van der Waals surface area (Å²) in [5, 5.41) is 4.10. The number of nitrogens with one attached hydrogen (secondary N) is 3. The maximum absolute atomic E-state index is 12.3. The van der Waals surface area contributed by atoms with Gasteiger partial charge in [0, 0.05) is 41.9 Å². The first-order chi connectivity index (χ1) is 13.0. The molecule has 0 bridgehead atoms. The third kappa shape index (κ3) is 7.42. The molecule has 0 aliphatic rings. The first-order valence-corrected chi connectivity index (χ1v) is 10.3. The van der Waals surface area contributed by atoms with Crippen molar-refractivity contribution in [3.63, 3.8) is 0 Å². The third-order valence-electron chi connectivity index (χ3n) is 3.96. The van der Waals surface area contributed by atoms with Crippen LogP contribution < -0.4 is 10.9 Å². The zero-order valence-corrected chi connectivity index (χ0v) is 19.5. The van der Waals surface area contributed by atoms with E-state index in [-0.39, 0.29) is 30.4 Å². The molecule has 0 fully saturated rings. The summed E-state index contributed by atoms with van der Waals surface area (Å²) in [6.45, 7) is 2.71. The number of thioether (sulfide) groups is 1. The summed E-state index contributed by atoms with van der Waals surface area (Å²) < 4.78 is 0. The van der Waals surface area contributed by atoms with Crippen LogP contribution in [0.3, 0.4) is 0 Å². The number of anilines is 1. The van der Waals surface area contributed by atoms with Gasteiger partial charge in [-0.05, 0) is 24.6 Å². The number of rotatable bonds is 8. The Morgan fingerprint density at radius 3 is 2.62 bits per heavy atom. The van der Waals surface area contributed by atoms with Gasteiger partial charge < -0.3 is 10.3 Å². The van der Waals surface area contributed by atoms with E-state index in [9.17, 15) is 4.79 Å². The first kappa shape index (κ1) is 25.7. The van der Waals surface area contributed by atoms with Gasteiger partial charge in [-0.25, -0.2) is 9.97 Å². The smallest absolute Gasteiger partial charge is 0.255 e. The molecule has 2 heterocycles. The number of hydrogen-bond donors (Lipinski definition) is 3. The van der Waals surface area contributed by atoms with Crippen molar-refractivity contribution >= 4 is 65.7 Å². The molecule has 0 aliphatic heterocycles. The van der Waals surface area contributed by atoms with E-state index in [1.807, 2.05) is 13.0 Å². The molecule has 3 rings (SSSR count). The second kappa shape index (κ2) is 12.3. The van der Waals surface area contributed by atoms with Gasteiger partial charge >= 0.3 is 0 Å². The van der Waals surface area contributed by atoms with Crippen LogP contribution >= 0.6 is 59.8 Å². The Bertz CT molecular complexity index is 979. The van der Waals surface area contributed by atoms with Gasteiger partial charge in [-0.2, -0.15) is 11.8 Å². The minimum atomic E-state index is -0.168. The van der Waals surface area contributed by atoms with Crippen LogP contribution in [0.1, 0.15) is 22.5 Å². The Morgan fingerprint density at radius 2 is 1.97 bits per heavy atom. The van der Waals surface area contributed by atoms with E-state index in [0.29, 0.717) is 34.5 Å². The van der Waals surface area contributed by atoms with Gasteiger partial charge in [-0.3, -0.25) is 9.78 Å². The van der Waals surface area contributed by atoms with Gasteiger partial charge in [0.1, 0.15) is 0 Å². The summed E-state index contributed by atoms with van der Waals surface area (Å²) in [4.78, 5) is 26.7. The van der Waals surface area contributed by atoms with Gasteiger partial charge in [0.25, 0.3) is 5.56 Å². The molecule has 0 saturated heterocycles. The maximum Gasteiger partial charge on any atom is 0.255 e. The van der Waals surface area contributed by atoms with Crippen molar-refractivity contribution in [2.75, 3.05) is 17.6 Å². The molecule has 29 heavy (non-hydrogen) atoms. The topological polar surface area (TPSA) is 86.5 Å². The molecular weight excluding hydrogens is 476 g/mol. The summed E-state index contributed by atoms with van der Waals surface area (Å²) in [7, 11) is 0. The number of benzene rings is 1. The van der Waals surface area contributed by atoms with Crippen molar-refractivity contribution in [1.29, 1.82) is 0 Å². The number of nitrogens with zero attached hydrogens (tertiary/aromatic N) is 2. The lowest BCUT2D eigenvalue weighted by molar-refractivity contribution is 1.01. The third-order valence-corrected chi connectivity index (χ3v) is 5.67. The molecule has 0 unspecified atom stereocenters. The van der Waals surface area contributed by atoms with Crippen LogP contribution in [-0.4, -0.2) is 32.2 Å². The van der Waals surface area contributed by atoms with Crippen LogP contribution in [0.2, 0.25) is 10.0 Å². The van der Waals surface area contributed by atoms with Crippen molar-refractivity contribution in [3.05, 3.63) is 73.6 Å². The summed E-state index contributed by atoms with van der Waals surface area (Å²) in [6, 6.07) is 5.32. The standard InChI is InChI=1S/C18H19Cl2N5OS.2ClH/c1-11-16(24-10-23-11)9-27-5-4-21-18-22-8-13(17(26)25-18)6-12-2-3-14(19)15(20)7-12;;/h2-3,7-8,10H,4-6,9H2,1H3,(H,23,24)(H2,21,22,25,26);2*1H. The van der Waals surface area contributed by atoms with Crippen LogP contribution in [0.25, 0.3) is 0 Å². The predicted molar refractivity (Wildman–Crippen MR) is 127 cm³/mol. The van der Waals surface area contributed by atoms with E-state index >= 15 is 0 Å². The van der Waals surface area contributed by atoms with Crippen molar-refractivity contribution in [3.8, 4) is 0 Å². The molecule has 0 aliphatic carbocycles. The molecule has 3 aromatic rings. The highest BCUT2D eigenvalue weighted by molar-refractivity contribution is 7.98. The molecule has 0 radical (unpaired) electrons. The molecule has 0 atom stereocenters. The zero-order chi connectivity index (χ0) is 19.2. The molecule has 0 saturated carbocycles. The van der Waals surface area contributed by atoms with Gasteiger partial charge in [0.2, 0.25) is 5.95 Å². The molecule has 11 heteroatoms.